The fourth-order valence-corrected chi connectivity index (χ4v) is 2.51. The van der Waals surface area contributed by atoms with Crippen LogP contribution >= 0.6 is 0 Å². The summed E-state index contributed by atoms with van der Waals surface area (Å²) in [6.45, 7) is 1.88. The van der Waals surface area contributed by atoms with E-state index < -0.39 is 0 Å². The summed E-state index contributed by atoms with van der Waals surface area (Å²) in [6, 6.07) is 24.5. The van der Waals surface area contributed by atoms with Gasteiger partial charge in [0.2, 0.25) is 5.90 Å². The Balaban J connectivity index is 1.90. The van der Waals surface area contributed by atoms with E-state index in [0.29, 0.717) is 23.1 Å². The molecule has 0 heterocycles. The van der Waals surface area contributed by atoms with Crippen molar-refractivity contribution in [3.8, 4) is 23.0 Å². The van der Waals surface area contributed by atoms with Crippen LogP contribution in [-0.2, 0) is 0 Å². The molecule has 0 N–H and O–H groups in total. The fraction of sp³-hybridized carbons (Fsp3) is 0.125. The monoisotopic (exact) mass is 389 g/mol. The van der Waals surface area contributed by atoms with Crippen molar-refractivity contribution < 1.29 is 18.9 Å². The van der Waals surface area contributed by atoms with Crippen molar-refractivity contribution in [3.63, 3.8) is 0 Å². The van der Waals surface area contributed by atoms with Gasteiger partial charge in [-0.05, 0) is 43.3 Å². The molecule has 0 aliphatic carbocycles. The molecule has 148 valence electrons. The summed E-state index contributed by atoms with van der Waals surface area (Å²) in [7, 11) is 3.17. The first kappa shape index (κ1) is 20.0. The highest BCUT2D eigenvalue weighted by atomic mass is 16.5. The van der Waals surface area contributed by atoms with Gasteiger partial charge in [-0.1, -0.05) is 36.4 Å². The van der Waals surface area contributed by atoms with E-state index in [2.05, 4.69) is 4.99 Å². The smallest absolute Gasteiger partial charge is 0.225 e. The number of aliphatic imine (C=N–C) groups is 1. The lowest BCUT2D eigenvalue weighted by Gasteiger charge is -2.13. The minimum atomic E-state index is 0.416. The normalized spacial score (nSPS) is 11.7. The van der Waals surface area contributed by atoms with Crippen LogP contribution in [0.2, 0.25) is 0 Å². The zero-order valence-electron chi connectivity index (χ0n) is 16.7. The van der Waals surface area contributed by atoms with Crippen LogP contribution < -0.4 is 18.9 Å². The van der Waals surface area contributed by atoms with Gasteiger partial charge >= 0.3 is 0 Å². The van der Waals surface area contributed by atoms with Gasteiger partial charge in [0.1, 0.15) is 11.5 Å². The summed E-state index contributed by atoms with van der Waals surface area (Å²) in [4.78, 5) is 4.64. The largest absolute Gasteiger partial charge is 0.493 e. The molecule has 0 atom stereocenters. The second-order valence-corrected chi connectivity index (χ2v) is 6.10. The first-order valence-electron chi connectivity index (χ1n) is 9.12. The Kier molecular flexibility index (Phi) is 6.90. The predicted molar refractivity (Wildman–Crippen MR) is 115 cm³/mol. The van der Waals surface area contributed by atoms with Gasteiger partial charge in [-0.3, -0.25) is 0 Å². The van der Waals surface area contributed by atoms with E-state index >= 15 is 0 Å². The molecule has 5 nitrogen and oxygen atoms in total. The van der Waals surface area contributed by atoms with Crippen molar-refractivity contribution in [2.75, 3.05) is 14.2 Å². The average molecular weight is 389 g/mol. The quantitative estimate of drug-likeness (QED) is 0.291. The average Bonchev–Trinajstić information content (AvgIpc) is 2.78. The summed E-state index contributed by atoms with van der Waals surface area (Å²) in [5.74, 6) is 2.92. The van der Waals surface area contributed by atoms with E-state index in [-0.39, 0.29) is 0 Å². The van der Waals surface area contributed by atoms with E-state index in [9.17, 15) is 0 Å². The second-order valence-electron chi connectivity index (χ2n) is 6.10. The highest BCUT2D eigenvalue weighted by molar-refractivity contribution is 5.96. The summed E-state index contributed by atoms with van der Waals surface area (Å²) in [5, 5.41) is 0. The molecule has 0 aromatic heterocycles. The molecule has 5 heteroatoms. The van der Waals surface area contributed by atoms with Crippen LogP contribution in [0.4, 0.5) is 5.69 Å². The van der Waals surface area contributed by atoms with Gasteiger partial charge in [0.05, 0.1) is 26.2 Å². The number of hydrogen-bond donors (Lipinski definition) is 0. The summed E-state index contributed by atoms with van der Waals surface area (Å²) in [6.07, 6.45) is 1.62. The maximum absolute atomic E-state index is 6.08. The van der Waals surface area contributed by atoms with Crippen molar-refractivity contribution in [2.24, 2.45) is 4.99 Å². The van der Waals surface area contributed by atoms with Crippen LogP contribution in [0.25, 0.3) is 0 Å². The van der Waals surface area contributed by atoms with E-state index in [1.165, 1.54) is 0 Å². The standard InChI is InChI=1S/C24H23NO4/c1-18(17-28-20-12-8-5-9-13-20)24(25-19-10-6-4-7-11-19)29-21-14-15-22(26-2)23(16-21)27-3/h4-17H,1-3H3. The third kappa shape index (κ3) is 5.62. The summed E-state index contributed by atoms with van der Waals surface area (Å²) >= 11 is 0. The molecule has 0 saturated carbocycles. The van der Waals surface area contributed by atoms with E-state index in [1.54, 1.807) is 38.7 Å². The molecule has 0 unspecified atom stereocenters. The van der Waals surface area contributed by atoms with Gasteiger partial charge < -0.3 is 18.9 Å². The molecule has 0 bridgehead atoms. The second kappa shape index (κ2) is 9.99. The SMILES string of the molecule is COc1ccc(OC(=Nc2ccccc2)C(C)=COc2ccccc2)cc1OC. The number of hydrogen-bond acceptors (Lipinski definition) is 5. The van der Waals surface area contributed by atoms with Gasteiger partial charge in [-0.15, -0.1) is 0 Å². The highest BCUT2D eigenvalue weighted by Crippen LogP contribution is 2.31. The van der Waals surface area contributed by atoms with Gasteiger partial charge in [-0.2, -0.15) is 0 Å². The number of nitrogens with zero attached hydrogens (tertiary/aromatic N) is 1. The van der Waals surface area contributed by atoms with Crippen LogP contribution in [-0.4, -0.2) is 20.1 Å². The third-order valence-corrected chi connectivity index (χ3v) is 4.01. The molecule has 0 aliphatic heterocycles. The molecule has 3 aromatic rings. The van der Waals surface area contributed by atoms with E-state index in [0.717, 1.165) is 17.0 Å². The maximum Gasteiger partial charge on any atom is 0.225 e. The molecular weight excluding hydrogens is 366 g/mol. The lowest BCUT2D eigenvalue weighted by molar-refractivity contribution is 0.353. The van der Waals surface area contributed by atoms with E-state index in [1.807, 2.05) is 67.6 Å². The molecule has 29 heavy (non-hydrogen) atoms. The number of methoxy groups -OCH3 is 2. The van der Waals surface area contributed by atoms with Crippen molar-refractivity contribution >= 4 is 11.6 Å². The zero-order valence-corrected chi connectivity index (χ0v) is 16.7. The number of rotatable bonds is 7. The Morgan fingerprint density at radius 1 is 0.759 bits per heavy atom. The van der Waals surface area contributed by atoms with Gasteiger partial charge in [-0.25, -0.2) is 4.99 Å². The lowest BCUT2D eigenvalue weighted by atomic mass is 10.2. The van der Waals surface area contributed by atoms with Crippen LogP contribution in [0.15, 0.2) is 95.7 Å². The number of benzene rings is 3. The molecule has 0 fully saturated rings. The minimum Gasteiger partial charge on any atom is -0.493 e. The van der Waals surface area contributed by atoms with Crippen LogP contribution in [0.5, 0.6) is 23.0 Å². The van der Waals surface area contributed by atoms with Gasteiger partial charge in [0, 0.05) is 11.6 Å². The lowest BCUT2D eigenvalue weighted by Crippen LogP contribution is -2.11. The van der Waals surface area contributed by atoms with Crippen LogP contribution in [0.1, 0.15) is 6.92 Å². The molecule has 0 saturated heterocycles. The van der Waals surface area contributed by atoms with Crippen molar-refractivity contribution in [1.29, 1.82) is 0 Å². The maximum atomic E-state index is 6.08. The van der Waals surface area contributed by atoms with Crippen molar-refractivity contribution in [3.05, 3.63) is 90.7 Å². The Morgan fingerprint density at radius 2 is 1.41 bits per heavy atom. The Hall–Kier alpha value is -3.73. The fourth-order valence-electron chi connectivity index (χ4n) is 2.51. The first-order chi connectivity index (χ1) is 14.2. The molecule has 0 spiro atoms. The highest BCUT2D eigenvalue weighted by Gasteiger charge is 2.11. The Labute approximate surface area is 170 Å². The predicted octanol–water partition coefficient (Wildman–Crippen LogP) is 5.80. The molecule has 0 amide bonds. The number of para-hydroxylation sites is 2. The van der Waals surface area contributed by atoms with Crippen LogP contribution in [0, 0.1) is 0 Å². The van der Waals surface area contributed by atoms with Gasteiger partial charge in [0.25, 0.3) is 0 Å². The molecule has 3 rings (SSSR count). The molecule has 0 radical (unpaired) electrons. The van der Waals surface area contributed by atoms with Gasteiger partial charge in [0.15, 0.2) is 11.5 Å². The third-order valence-electron chi connectivity index (χ3n) is 4.01. The molecular formula is C24H23NO4. The summed E-state index contributed by atoms with van der Waals surface area (Å²) < 4.78 is 22.5. The van der Waals surface area contributed by atoms with Crippen LogP contribution in [0.3, 0.4) is 0 Å². The van der Waals surface area contributed by atoms with Crippen molar-refractivity contribution in [2.45, 2.75) is 6.92 Å². The Bertz CT molecular complexity index is 982. The minimum absolute atomic E-state index is 0.416. The summed E-state index contributed by atoms with van der Waals surface area (Å²) in [5.41, 5.74) is 1.50. The first-order valence-corrected chi connectivity index (χ1v) is 9.12. The van der Waals surface area contributed by atoms with Crippen molar-refractivity contribution in [1.82, 2.24) is 0 Å². The topological polar surface area (TPSA) is 49.3 Å². The molecule has 0 aliphatic rings. The molecule has 3 aromatic carbocycles. The Morgan fingerprint density at radius 3 is 2.07 bits per heavy atom. The zero-order chi connectivity index (χ0) is 20.5. The van der Waals surface area contributed by atoms with E-state index in [4.69, 9.17) is 18.9 Å². The number of ether oxygens (including phenoxy) is 4.